The first-order valence-electron chi connectivity index (χ1n) is 12.2. The third kappa shape index (κ3) is 5.35. The molecule has 11 heteroatoms. The zero-order valence-corrected chi connectivity index (χ0v) is 22.2. The molecule has 0 spiro atoms. The zero-order chi connectivity index (χ0) is 27.8. The van der Waals surface area contributed by atoms with Gasteiger partial charge >= 0.3 is 6.18 Å². The van der Waals surface area contributed by atoms with E-state index in [4.69, 9.17) is 14.2 Å². The number of aryl methyl sites for hydroxylation is 1. The molecular formula is C27H32F4N4O3. The lowest BCUT2D eigenvalue weighted by molar-refractivity contribution is -0.162. The topological polar surface area (TPSA) is 68.7 Å². The number of ether oxygens (including phenoxy) is 3. The van der Waals surface area contributed by atoms with Crippen LogP contribution in [0.25, 0.3) is 10.9 Å². The molecule has 0 radical (unpaired) electrons. The van der Waals surface area contributed by atoms with Crippen LogP contribution >= 0.6 is 0 Å². The van der Waals surface area contributed by atoms with E-state index in [0.29, 0.717) is 53.9 Å². The van der Waals surface area contributed by atoms with Crippen molar-refractivity contribution in [2.24, 2.45) is 5.41 Å². The molecule has 1 aliphatic heterocycles. The van der Waals surface area contributed by atoms with Gasteiger partial charge in [0.05, 0.1) is 49.5 Å². The van der Waals surface area contributed by atoms with Crippen LogP contribution in [0.4, 0.5) is 23.4 Å². The number of hydrogen-bond donors (Lipinski definition) is 1. The number of nitrogens with zero attached hydrogens (tertiary/aromatic N) is 3. The van der Waals surface area contributed by atoms with Gasteiger partial charge in [-0.15, -0.1) is 0 Å². The first-order chi connectivity index (χ1) is 17.9. The average molecular weight is 537 g/mol. The first kappa shape index (κ1) is 27.8. The number of methoxy groups -OCH3 is 1. The molecule has 2 aromatic carbocycles. The molecule has 1 N–H and O–H groups in total. The van der Waals surface area contributed by atoms with Crippen molar-refractivity contribution in [2.45, 2.75) is 39.0 Å². The van der Waals surface area contributed by atoms with Crippen LogP contribution in [0.15, 0.2) is 30.3 Å². The Labute approximate surface area is 219 Å². The third-order valence-electron chi connectivity index (χ3n) is 7.20. The van der Waals surface area contributed by atoms with Crippen LogP contribution in [0.1, 0.15) is 36.8 Å². The summed E-state index contributed by atoms with van der Waals surface area (Å²) in [6, 6.07) is 6.07. The lowest BCUT2D eigenvalue weighted by Gasteiger charge is -2.47. The Morgan fingerprint density at radius 1 is 1.13 bits per heavy atom. The predicted molar refractivity (Wildman–Crippen MR) is 136 cm³/mol. The molecule has 1 saturated heterocycles. The molecule has 0 bridgehead atoms. The van der Waals surface area contributed by atoms with Gasteiger partial charge in [0.1, 0.15) is 17.5 Å². The van der Waals surface area contributed by atoms with Crippen molar-refractivity contribution in [3.63, 3.8) is 0 Å². The smallest absolute Gasteiger partial charge is 0.419 e. The van der Waals surface area contributed by atoms with Crippen molar-refractivity contribution in [3.8, 4) is 11.5 Å². The number of nitrogens with one attached hydrogen (secondary N) is 1. The second-order valence-electron chi connectivity index (χ2n) is 10.00. The lowest BCUT2D eigenvalue weighted by Crippen LogP contribution is -2.58. The molecule has 0 unspecified atom stereocenters. The summed E-state index contributed by atoms with van der Waals surface area (Å²) in [6.07, 6.45) is -4.80. The second-order valence-corrected chi connectivity index (χ2v) is 10.00. The van der Waals surface area contributed by atoms with Crippen molar-refractivity contribution in [2.75, 3.05) is 46.3 Å². The molecule has 1 aromatic heterocycles. The first-order valence-corrected chi connectivity index (χ1v) is 12.2. The summed E-state index contributed by atoms with van der Waals surface area (Å²) in [5, 5.41) is 3.63. The SMILES string of the molecule is COc1cc2nc(C)nc(N[C@H](C)c3cccc(C(F)(F)F)c3F)c2cc1OCC1([C@H](C)N(C)C)COC1. The zero-order valence-electron chi connectivity index (χ0n) is 22.2. The highest BCUT2D eigenvalue weighted by Crippen LogP contribution is 2.40. The number of rotatable bonds is 9. The summed E-state index contributed by atoms with van der Waals surface area (Å²) in [5.41, 5.74) is -1.08. The summed E-state index contributed by atoms with van der Waals surface area (Å²) < 4.78 is 71.9. The molecule has 3 aromatic rings. The Bertz CT molecular complexity index is 1310. The number of benzene rings is 2. The monoisotopic (exact) mass is 536 g/mol. The van der Waals surface area contributed by atoms with Gasteiger partial charge in [0.25, 0.3) is 0 Å². The molecule has 0 aliphatic carbocycles. The number of aromatic nitrogens is 2. The highest BCUT2D eigenvalue weighted by molar-refractivity contribution is 5.92. The van der Waals surface area contributed by atoms with Gasteiger partial charge in [0.15, 0.2) is 11.5 Å². The maximum Gasteiger partial charge on any atom is 0.419 e. The molecule has 0 saturated carbocycles. The van der Waals surface area contributed by atoms with E-state index in [1.165, 1.54) is 19.2 Å². The van der Waals surface area contributed by atoms with Crippen LogP contribution in [0.2, 0.25) is 0 Å². The van der Waals surface area contributed by atoms with E-state index in [9.17, 15) is 17.6 Å². The van der Waals surface area contributed by atoms with Gasteiger partial charge in [-0.25, -0.2) is 14.4 Å². The minimum absolute atomic E-state index is 0.126. The molecule has 7 nitrogen and oxygen atoms in total. The van der Waals surface area contributed by atoms with E-state index in [-0.39, 0.29) is 17.0 Å². The highest BCUT2D eigenvalue weighted by Gasteiger charge is 2.45. The highest BCUT2D eigenvalue weighted by atomic mass is 19.4. The summed E-state index contributed by atoms with van der Waals surface area (Å²) in [5.74, 6) is 0.395. The minimum atomic E-state index is -4.80. The van der Waals surface area contributed by atoms with Crippen LogP contribution in [0, 0.1) is 18.2 Å². The van der Waals surface area contributed by atoms with Crippen molar-refractivity contribution in [1.29, 1.82) is 0 Å². The van der Waals surface area contributed by atoms with Crippen LogP contribution in [-0.4, -0.2) is 61.9 Å². The standard InChI is InChI=1S/C27H32F4N4O3/c1-15(18-8-7-9-20(24(18)28)27(29,30)31)32-25-19-10-23(22(36-6)11-21(19)33-17(3)34-25)38-14-26(12-37-13-26)16(2)35(4)5/h7-11,15-16H,12-14H2,1-6H3,(H,32,33,34)/t15-,16+/m1/s1. The Morgan fingerprint density at radius 3 is 2.42 bits per heavy atom. The quantitative estimate of drug-likeness (QED) is 0.356. The molecule has 206 valence electrons. The number of alkyl halides is 3. The Morgan fingerprint density at radius 2 is 1.84 bits per heavy atom. The van der Waals surface area contributed by atoms with E-state index in [0.717, 1.165) is 6.07 Å². The minimum Gasteiger partial charge on any atom is -0.493 e. The predicted octanol–water partition coefficient (Wildman–Crippen LogP) is 5.62. The Hall–Kier alpha value is -3.18. The van der Waals surface area contributed by atoms with E-state index in [1.54, 1.807) is 26.0 Å². The maximum absolute atomic E-state index is 14.8. The second kappa shape index (κ2) is 10.5. The van der Waals surface area contributed by atoms with Crippen molar-refractivity contribution in [3.05, 3.63) is 53.1 Å². The van der Waals surface area contributed by atoms with Crippen LogP contribution in [-0.2, 0) is 10.9 Å². The van der Waals surface area contributed by atoms with E-state index in [2.05, 4.69) is 27.1 Å². The molecular weight excluding hydrogens is 504 g/mol. The van der Waals surface area contributed by atoms with Crippen molar-refractivity contribution in [1.82, 2.24) is 14.9 Å². The summed E-state index contributed by atoms with van der Waals surface area (Å²) in [4.78, 5) is 11.1. The van der Waals surface area contributed by atoms with Gasteiger partial charge in [-0.2, -0.15) is 13.2 Å². The average Bonchev–Trinajstić information content (AvgIpc) is 2.82. The fourth-order valence-electron chi connectivity index (χ4n) is 4.60. The van der Waals surface area contributed by atoms with Crippen molar-refractivity contribution < 1.29 is 31.8 Å². The Kier molecular flexibility index (Phi) is 7.72. The molecule has 2 atom stereocenters. The van der Waals surface area contributed by atoms with E-state index < -0.39 is 23.6 Å². The van der Waals surface area contributed by atoms with E-state index >= 15 is 0 Å². The van der Waals surface area contributed by atoms with Gasteiger partial charge in [-0.1, -0.05) is 12.1 Å². The number of halogens is 4. The molecule has 0 amide bonds. The van der Waals surface area contributed by atoms with Gasteiger partial charge in [0, 0.05) is 23.1 Å². The van der Waals surface area contributed by atoms with Crippen molar-refractivity contribution >= 4 is 16.7 Å². The van der Waals surface area contributed by atoms with E-state index in [1.807, 2.05) is 14.1 Å². The van der Waals surface area contributed by atoms with Crippen LogP contribution < -0.4 is 14.8 Å². The summed E-state index contributed by atoms with van der Waals surface area (Å²) in [7, 11) is 5.55. The fourth-order valence-corrected chi connectivity index (χ4v) is 4.60. The largest absolute Gasteiger partial charge is 0.493 e. The normalized spacial score (nSPS) is 16.7. The van der Waals surface area contributed by atoms with Gasteiger partial charge in [-0.05, 0) is 47.0 Å². The molecule has 1 fully saturated rings. The molecule has 4 rings (SSSR count). The third-order valence-corrected chi connectivity index (χ3v) is 7.20. The Balaban J connectivity index is 1.68. The molecule has 1 aliphatic rings. The van der Waals surface area contributed by atoms with Gasteiger partial charge in [0.2, 0.25) is 0 Å². The maximum atomic E-state index is 14.8. The summed E-state index contributed by atoms with van der Waals surface area (Å²) in [6.45, 7) is 6.91. The lowest BCUT2D eigenvalue weighted by atomic mass is 9.79. The molecule has 2 heterocycles. The van der Waals surface area contributed by atoms with Crippen LogP contribution in [0.3, 0.4) is 0 Å². The van der Waals surface area contributed by atoms with Gasteiger partial charge < -0.3 is 24.4 Å². The number of fused-ring (bicyclic) bond motifs is 1. The van der Waals surface area contributed by atoms with Gasteiger partial charge in [-0.3, -0.25) is 0 Å². The van der Waals surface area contributed by atoms with Crippen LogP contribution in [0.5, 0.6) is 11.5 Å². The summed E-state index contributed by atoms with van der Waals surface area (Å²) >= 11 is 0. The number of hydrogen-bond acceptors (Lipinski definition) is 7. The number of anilines is 1. The fraction of sp³-hybridized carbons (Fsp3) is 0.481. The molecule has 38 heavy (non-hydrogen) atoms.